The lowest BCUT2D eigenvalue weighted by Gasteiger charge is -2.42. The van der Waals surface area contributed by atoms with Crippen LogP contribution in [-0.4, -0.2) is 4.98 Å². The van der Waals surface area contributed by atoms with Crippen LogP contribution in [0.15, 0.2) is 48.5 Å². The lowest BCUT2D eigenvalue weighted by atomic mass is 9.62. The first-order valence-electron chi connectivity index (χ1n) is 9.36. The van der Waals surface area contributed by atoms with Crippen molar-refractivity contribution in [2.75, 3.05) is 0 Å². The van der Waals surface area contributed by atoms with E-state index < -0.39 is 0 Å². The van der Waals surface area contributed by atoms with E-state index in [0.29, 0.717) is 0 Å². The molecule has 126 valence electrons. The molecule has 0 aliphatic heterocycles. The van der Waals surface area contributed by atoms with Crippen LogP contribution in [0.1, 0.15) is 51.7 Å². The zero-order chi connectivity index (χ0) is 17.4. The average molecular weight is 327 g/mol. The molecule has 1 nitrogen and oxygen atoms in total. The molecule has 0 bridgehead atoms. The lowest BCUT2D eigenvalue weighted by Crippen LogP contribution is -2.33. The molecule has 1 aliphatic rings. The van der Waals surface area contributed by atoms with Gasteiger partial charge in [0.15, 0.2) is 0 Å². The summed E-state index contributed by atoms with van der Waals surface area (Å²) in [6.45, 7) is 9.63. The third-order valence-corrected chi connectivity index (χ3v) is 6.44. The van der Waals surface area contributed by atoms with Gasteiger partial charge >= 0.3 is 0 Å². The minimum Gasteiger partial charge on any atom is -0.354 e. The molecule has 3 aromatic carbocycles. The van der Waals surface area contributed by atoms with E-state index in [-0.39, 0.29) is 10.8 Å². The number of H-pyrrole nitrogens is 1. The topological polar surface area (TPSA) is 15.8 Å². The normalized spacial score (nSPS) is 18.7. The monoisotopic (exact) mass is 327 g/mol. The lowest BCUT2D eigenvalue weighted by molar-refractivity contribution is 0.334. The van der Waals surface area contributed by atoms with Gasteiger partial charge in [-0.25, -0.2) is 0 Å². The van der Waals surface area contributed by atoms with Gasteiger partial charge in [-0.2, -0.15) is 0 Å². The van der Waals surface area contributed by atoms with Gasteiger partial charge in [-0.05, 0) is 46.3 Å². The molecule has 0 unspecified atom stereocenters. The fourth-order valence-corrected chi connectivity index (χ4v) is 4.89. The largest absolute Gasteiger partial charge is 0.354 e. The van der Waals surface area contributed by atoms with Crippen molar-refractivity contribution in [3.63, 3.8) is 0 Å². The van der Waals surface area contributed by atoms with Crippen LogP contribution in [-0.2, 0) is 10.8 Å². The van der Waals surface area contributed by atoms with Crippen molar-refractivity contribution >= 4 is 32.6 Å². The fourth-order valence-electron chi connectivity index (χ4n) is 4.89. The average Bonchev–Trinajstić information content (AvgIpc) is 2.97. The maximum atomic E-state index is 3.74. The van der Waals surface area contributed by atoms with Crippen LogP contribution in [0.2, 0.25) is 0 Å². The second kappa shape index (κ2) is 4.66. The molecule has 0 saturated carbocycles. The molecule has 1 aromatic heterocycles. The van der Waals surface area contributed by atoms with Crippen molar-refractivity contribution in [3.05, 3.63) is 59.7 Å². The summed E-state index contributed by atoms with van der Waals surface area (Å²) >= 11 is 0. The molecule has 1 aliphatic carbocycles. The van der Waals surface area contributed by atoms with Crippen LogP contribution in [0.5, 0.6) is 0 Å². The van der Waals surface area contributed by atoms with Gasteiger partial charge in [-0.3, -0.25) is 0 Å². The zero-order valence-electron chi connectivity index (χ0n) is 15.5. The second-order valence-electron chi connectivity index (χ2n) is 9.01. The first-order valence-corrected chi connectivity index (χ1v) is 9.36. The highest BCUT2D eigenvalue weighted by Crippen LogP contribution is 2.50. The van der Waals surface area contributed by atoms with Crippen LogP contribution in [0.3, 0.4) is 0 Å². The highest BCUT2D eigenvalue weighted by molar-refractivity contribution is 6.18. The summed E-state index contributed by atoms with van der Waals surface area (Å²) in [6, 6.07) is 17.9. The third-order valence-electron chi connectivity index (χ3n) is 6.44. The molecule has 0 radical (unpaired) electrons. The highest BCUT2D eigenvalue weighted by Gasteiger charge is 2.38. The molecule has 25 heavy (non-hydrogen) atoms. The maximum absolute atomic E-state index is 3.74. The number of nitrogens with one attached hydrogen (secondary N) is 1. The molecule has 0 fully saturated rings. The van der Waals surface area contributed by atoms with Gasteiger partial charge in [-0.15, -0.1) is 0 Å². The Morgan fingerprint density at radius 3 is 2.36 bits per heavy atom. The first kappa shape index (κ1) is 15.0. The Hall–Kier alpha value is -2.28. The Labute approximate surface area is 149 Å². The Kier molecular flexibility index (Phi) is 2.80. The predicted molar refractivity (Wildman–Crippen MR) is 109 cm³/mol. The molecule has 0 saturated heterocycles. The summed E-state index contributed by atoms with van der Waals surface area (Å²) in [5, 5.41) is 5.43. The van der Waals surface area contributed by atoms with E-state index in [1.54, 1.807) is 5.56 Å². The van der Waals surface area contributed by atoms with Gasteiger partial charge in [0.25, 0.3) is 0 Å². The van der Waals surface area contributed by atoms with Gasteiger partial charge in [0.2, 0.25) is 0 Å². The van der Waals surface area contributed by atoms with E-state index in [1.165, 1.54) is 51.0 Å². The summed E-state index contributed by atoms with van der Waals surface area (Å²) in [5.74, 6) is 0. The molecule has 4 aromatic rings. The van der Waals surface area contributed by atoms with Crippen LogP contribution in [0.4, 0.5) is 0 Å². The number of hydrogen-bond acceptors (Lipinski definition) is 0. The van der Waals surface area contributed by atoms with E-state index in [0.717, 1.165) is 0 Å². The Balaban J connectivity index is 2.01. The number of hydrogen-bond donors (Lipinski definition) is 1. The van der Waals surface area contributed by atoms with E-state index >= 15 is 0 Å². The zero-order valence-corrected chi connectivity index (χ0v) is 15.5. The van der Waals surface area contributed by atoms with Crippen molar-refractivity contribution < 1.29 is 0 Å². The van der Waals surface area contributed by atoms with E-state index in [2.05, 4.69) is 81.2 Å². The molecular formula is C24H25N. The van der Waals surface area contributed by atoms with Crippen molar-refractivity contribution in [2.24, 2.45) is 0 Å². The Morgan fingerprint density at radius 1 is 0.760 bits per heavy atom. The Bertz CT molecular complexity index is 1140. The minimum absolute atomic E-state index is 0.213. The summed E-state index contributed by atoms with van der Waals surface area (Å²) in [5.41, 5.74) is 6.11. The van der Waals surface area contributed by atoms with Gasteiger partial charge in [0, 0.05) is 21.7 Å². The van der Waals surface area contributed by atoms with Crippen molar-refractivity contribution in [1.29, 1.82) is 0 Å². The maximum Gasteiger partial charge on any atom is 0.0544 e. The quantitative estimate of drug-likeness (QED) is 0.364. The first-order chi connectivity index (χ1) is 11.9. The molecule has 0 atom stereocenters. The summed E-state index contributed by atoms with van der Waals surface area (Å²) in [4.78, 5) is 3.74. The molecule has 1 heteroatoms. The number of rotatable bonds is 0. The fraction of sp³-hybridized carbons (Fsp3) is 0.333. The molecule has 0 spiro atoms. The van der Waals surface area contributed by atoms with Crippen LogP contribution in [0, 0.1) is 0 Å². The predicted octanol–water partition coefficient (Wildman–Crippen LogP) is 6.82. The van der Waals surface area contributed by atoms with Crippen LogP contribution >= 0.6 is 0 Å². The summed E-state index contributed by atoms with van der Waals surface area (Å²) in [7, 11) is 0. The number of fused-ring (bicyclic) bond motifs is 7. The minimum atomic E-state index is 0.213. The third kappa shape index (κ3) is 1.96. The SMILES string of the molecule is CC1(C)CCC(C)(C)c2c1ccc1[nH]c3c4ccccc4ccc3c21. The molecule has 0 amide bonds. The van der Waals surface area contributed by atoms with Gasteiger partial charge in [-0.1, -0.05) is 70.2 Å². The van der Waals surface area contributed by atoms with Gasteiger partial charge in [0.05, 0.1) is 5.52 Å². The molecule has 1 heterocycles. The van der Waals surface area contributed by atoms with Crippen LogP contribution in [0.25, 0.3) is 32.6 Å². The molecular weight excluding hydrogens is 302 g/mol. The number of aromatic nitrogens is 1. The highest BCUT2D eigenvalue weighted by atomic mass is 14.7. The Morgan fingerprint density at radius 2 is 1.52 bits per heavy atom. The number of aromatic amines is 1. The molecule has 1 N–H and O–H groups in total. The standard InChI is InChI=1S/C24H25N/c1-23(2)13-14-24(3,4)21-18(23)11-12-19-20(21)17-10-9-15-7-5-6-8-16(15)22(17)25-19/h5-12,25H,13-14H2,1-4H3. The van der Waals surface area contributed by atoms with Crippen molar-refractivity contribution in [2.45, 2.75) is 51.4 Å². The summed E-state index contributed by atoms with van der Waals surface area (Å²) < 4.78 is 0. The van der Waals surface area contributed by atoms with E-state index in [1.807, 2.05) is 0 Å². The second-order valence-corrected chi connectivity index (χ2v) is 9.01. The van der Waals surface area contributed by atoms with Gasteiger partial charge < -0.3 is 4.98 Å². The van der Waals surface area contributed by atoms with E-state index in [4.69, 9.17) is 0 Å². The van der Waals surface area contributed by atoms with Crippen molar-refractivity contribution in [1.82, 2.24) is 4.98 Å². The number of benzene rings is 3. The summed E-state index contributed by atoms with van der Waals surface area (Å²) in [6.07, 6.45) is 2.50. The smallest absolute Gasteiger partial charge is 0.0544 e. The van der Waals surface area contributed by atoms with Crippen LogP contribution < -0.4 is 0 Å². The molecule has 5 rings (SSSR count). The van der Waals surface area contributed by atoms with E-state index in [9.17, 15) is 0 Å². The van der Waals surface area contributed by atoms with Gasteiger partial charge in [0.1, 0.15) is 0 Å². The van der Waals surface area contributed by atoms with Crippen molar-refractivity contribution in [3.8, 4) is 0 Å².